The molecule has 0 spiro atoms. The van der Waals surface area contributed by atoms with Crippen molar-refractivity contribution in [3.63, 3.8) is 0 Å². The van der Waals surface area contributed by atoms with Gasteiger partial charge in [0.1, 0.15) is 0 Å². The number of carbonyl (C=O) groups is 2. The number of nitrogens with two attached hydrogens (primary N) is 1. The second-order valence-electron chi connectivity index (χ2n) is 5.71. The lowest BCUT2D eigenvalue weighted by molar-refractivity contribution is -0.123. The zero-order valence-electron chi connectivity index (χ0n) is 11.5. The maximum Gasteiger partial charge on any atom is 0.274 e. The minimum Gasteiger partial charge on any atom is -0.369 e. The van der Waals surface area contributed by atoms with E-state index in [0.717, 1.165) is 36.9 Å². The third-order valence-corrected chi connectivity index (χ3v) is 4.44. The van der Waals surface area contributed by atoms with Crippen LogP contribution in [0.3, 0.4) is 0 Å². The van der Waals surface area contributed by atoms with Crippen LogP contribution in [0.4, 0.5) is 0 Å². The van der Waals surface area contributed by atoms with Gasteiger partial charge in [0, 0.05) is 30.3 Å². The van der Waals surface area contributed by atoms with Crippen LogP contribution in [0.1, 0.15) is 47.4 Å². The maximum absolute atomic E-state index is 12.5. The van der Waals surface area contributed by atoms with Gasteiger partial charge in [-0.05, 0) is 38.5 Å². The number of nitrogens with one attached hydrogen (secondary N) is 1. The fraction of sp³-hybridized carbons (Fsp3) is 0.643. The summed E-state index contributed by atoms with van der Waals surface area (Å²) in [5.74, 6) is -0.353. The van der Waals surface area contributed by atoms with Crippen LogP contribution in [-0.4, -0.2) is 40.0 Å². The van der Waals surface area contributed by atoms with Crippen LogP contribution in [0.5, 0.6) is 0 Å². The van der Waals surface area contributed by atoms with E-state index >= 15 is 0 Å². The van der Waals surface area contributed by atoms with E-state index in [2.05, 4.69) is 10.2 Å². The third kappa shape index (κ3) is 2.30. The number of H-pyrrole nitrogens is 1. The number of aromatic nitrogens is 2. The highest BCUT2D eigenvalue weighted by Gasteiger charge is 2.30. The number of aryl methyl sites for hydroxylation is 1. The summed E-state index contributed by atoms with van der Waals surface area (Å²) in [5.41, 5.74) is 8.11. The van der Waals surface area contributed by atoms with Crippen molar-refractivity contribution in [2.75, 3.05) is 13.1 Å². The number of rotatable bonds is 2. The van der Waals surface area contributed by atoms with Gasteiger partial charge in [-0.1, -0.05) is 0 Å². The Morgan fingerprint density at radius 2 is 1.90 bits per heavy atom. The fourth-order valence-corrected chi connectivity index (χ4v) is 3.17. The molecule has 6 nitrogen and oxygen atoms in total. The Balaban J connectivity index is 1.71. The Morgan fingerprint density at radius 1 is 1.20 bits per heavy atom. The second-order valence-corrected chi connectivity index (χ2v) is 5.71. The predicted octanol–water partition coefficient (Wildman–Crippen LogP) is 0.626. The molecular formula is C14H20N4O2. The zero-order valence-corrected chi connectivity index (χ0v) is 11.5. The quantitative estimate of drug-likeness (QED) is 0.829. The van der Waals surface area contributed by atoms with Gasteiger partial charge in [0.25, 0.3) is 5.91 Å². The number of hydrogen-bond acceptors (Lipinski definition) is 3. The fourth-order valence-electron chi connectivity index (χ4n) is 3.17. The van der Waals surface area contributed by atoms with Crippen molar-refractivity contribution in [1.29, 1.82) is 0 Å². The molecule has 0 bridgehead atoms. The standard InChI is InChI=1S/C14H20N4O2/c15-13(19)9-5-7-18(8-6-9)14(20)12-10-3-1-2-4-11(10)16-17-12/h9H,1-8H2,(H2,15,19)(H,16,17). The Morgan fingerprint density at radius 3 is 2.60 bits per heavy atom. The summed E-state index contributed by atoms with van der Waals surface area (Å²) in [6.07, 6.45) is 5.52. The number of fused-ring (bicyclic) bond motifs is 1. The van der Waals surface area contributed by atoms with E-state index < -0.39 is 0 Å². The molecule has 0 radical (unpaired) electrons. The van der Waals surface area contributed by atoms with Crippen molar-refractivity contribution in [2.45, 2.75) is 38.5 Å². The number of piperidine rings is 1. The molecule has 108 valence electrons. The predicted molar refractivity (Wildman–Crippen MR) is 73.1 cm³/mol. The topological polar surface area (TPSA) is 92.1 Å². The monoisotopic (exact) mass is 276 g/mol. The maximum atomic E-state index is 12.5. The van der Waals surface area contributed by atoms with E-state index in [1.165, 1.54) is 0 Å². The number of nitrogens with zero attached hydrogens (tertiary/aromatic N) is 2. The van der Waals surface area contributed by atoms with Gasteiger partial charge in [-0.3, -0.25) is 14.7 Å². The van der Waals surface area contributed by atoms with Crippen LogP contribution in [0.25, 0.3) is 0 Å². The largest absolute Gasteiger partial charge is 0.369 e. The summed E-state index contributed by atoms with van der Waals surface area (Å²) in [5, 5.41) is 7.22. The van der Waals surface area contributed by atoms with E-state index in [4.69, 9.17) is 5.73 Å². The van der Waals surface area contributed by atoms with Gasteiger partial charge in [-0.2, -0.15) is 5.10 Å². The van der Waals surface area contributed by atoms with Crippen molar-refractivity contribution < 1.29 is 9.59 Å². The number of hydrogen-bond donors (Lipinski definition) is 2. The van der Waals surface area contributed by atoms with E-state index in [1.807, 2.05) is 0 Å². The molecule has 1 aromatic rings. The third-order valence-electron chi connectivity index (χ3n) is 4.44. The van der Waals surface area contributed by atoms with E-state index in [1.54, 1.807) is 4.90 Å². The van der Waals surface area contributed by atoms with Crippen molar-refractivity contribution >= 4 is 11.8 Å². The van der Waals surface area contributed by atoms with Gasteiger partial charge in [0.2, 0.25) is 5.91 Å². The lowest BCUT2D eigenvalue weighted by Crippen LogP contribution is -2.42. The zero-order chi connectivity index (χ0) is 14.1. The number of amides is 2. The Hall–Kier alpha value is -1.85. The molecule has 20 heavy (non-hydrogen) atoms. The van der Waals surface area contributed by atoms with E-state index in [0.29, 0.717) is 31.6 Å². The molecule has 0 aromatic carbocycles. The van der Waals surface area contributed by atoms with Crippen LogP contribution >= 0.6 is 0 Å². The molecule has 2 aliphatic rings. The van der Waals surface area contributed by atoms with Crippen molar-refractivity contribution in [3.05, 3.63) is 17.0 Å². The normalized spacial score (nSPS) is 19.7. The Labute approximate surface area is 117 Å². The molecule has 3 rings (SSSR count). The van der Waals surface area contributed by atoms with Crippen molar-refractivity contribution in [1.82, 2.24) is 15.1 Å². The van der Waals surface area contributed by atoms with E-state index in [-0.39, 0.29) is 17.7 Å². The van der Waals surface area contributed by atoms with Crippen molar-refractivity contribution in [3.8, 4) is 0 Å². The number of likely N-dealkylation sites (tertiary alicyclic amines) is 1. The molecule has 0 atom stereocenters. The van der Waals surface area contributed by atoms with Crippen LogP contribution in [0, 0.1) is 5.92 Å². The highest BCUT2D eigenvalue weighted by Crippen LogP contribution is 2.25. The summed E-state index contributed by atoms with van der Waals surface area (Å²) < 4.78 is 0. The lowest BCUT2D eigenvalue weighted by atomic mass is 9.94. The highest BCUT2D eigenvalue weighted by molar-refractivity contribution is 5.94. The molecule has 1 saturated heterocycles. The number of carbonyl (C=O) groups excluding carboxylic acids is 2. The Bertz CT molecular complexity index is 529. The average Bonchev–Trinajstić information content (AvgIpc) is 2.90. The Kier molecular flexibility index (Phi) is 3.46. The minimum absolute atomic E-state index is 0.00711. The van der Waals surface area contributed by atoms with Gasteiger partial charge in [-0.15, -0.1) is 0 Å². The summed E-state index contributed by atoms with van der Waals surface area (Å²) in [6, 6.07) is 0. The summed E-state index contributed by atoms with van der Waals surface area (Å²) >= 11 is 0. The molecule has 0 saturated carbocycles. The van der Waals surface area contributed by atoms with Crippen LogP contribution in [0.15, 0.2) is 0 Å². The first-order valence-corrected chi connectivity index (χ1v) is 7.31. The molecule has 0 unspecified atom stereocenters. The van der Waals surface area contributed by atoms with Gasteiger partial charge < -0.3 is 10.6 Å². The summed E-state index contributed by atoms with van der Waals surface area (Å²) in [4.78, 5) is 25.5. The lowest BCUT2D eigenvalue weighted by Gasteiger charge is -2.30. The first kappa shape index (κ1) is 13.1. The number of aromatic amines is 1. The van der Waals surface area contributed by atoms with Gasteiger partial charge in [0.05, 0.1) is 0 Å². The highest BCUT2D eigenvalue weighted by atomic mass is 16.2. The molecular weight excluding hydrogens is 256 g/mol. The first-order chi connectivity index (χ1) is 9.66. The van der Waals surface area contributed by atoms with Crippen LogP contribution < -0.4 is 5.73 Å². The molecule has 1 fully saturated rings. The van der Waals surface area contributed by atoms with Gasteiger partial charge in [0.15, 0.2) is 5.69 Å². The van der Waals surface area contributed by atoms with Crippen LogP contribution in [0.2, 0.25) is 0 Å². The average molecular weight is 276 g/mol. The van der Waals surface area contributed by atoms with Gasteiger partial charge >= 0.3 is 0 Å². The molecule has 1 aromatic heterocycles. The SMILES string of the molecule is NC(=O)C1CCN(C(=O)c2n[nH]c3c2CCCC3)CC1. The van der Waals surface area contributed by atoms with E-state index in [9.17, 15) is 9.59 Å². The smallest absolute Gasteiger partial charge is 0.274 e. The van der Waals surface area contributed by atoms with Crippen molar-refractivity contribution in [2.24, 2.45) is 11.7 Å². The number of primary amides is 1. The molecule has 3 N–H and O–H groups in total. The first-order valence-electron chi connectivity index (χ1n) is 7.31. The second kappa shape index (κ2) is 5.26. The molecule has 1 aliphatic carbocycles. The summed E-state index contributed by atoms with van der Waals surface area (Å²) in [7, 11) is 0. The minimum atomic E-state index is -0.255. The summed E-state index contributed by atoms with van der Waals surface area (Å²) in [6.45, 7) is 1.18. The molecule has 2 heterocycles. The molecule has 1 aliphatic heterocycles. The molecule has 6 heteroatoms. The van der Waals surface area contributed by atoms with Gasteiger partial charge in [-0.25, -0.2) is 0 Å². The molecule has 2 amide bonds. The van der Waals surface area contributed by atoms with Crippen LogP contribution in [-0.2, 0) is 17.6 Å².